The monoisotopic (exact) mass is 457 g/mol. The SMILES string of the molecule is CN(C)[C@H](CNC(=O)CCc1nc2cc(S(=O)(=O)N(C)C)ccc2n1C)c1ccccc1. The van der Waals surface area contributed by atoms with E-state index < -0.39 is 10.0 Å². The molecule has 0 bridgehead atoms. The number of rotatable bonds is 9. The molecule has 32 heavy (non-hydrogen) atoms. The average molecular weight is 458 g/mol. The zero-order chi connectivity index (χ0) is 23.5. The Balaban J connectivity index is 1.66. The van der Waals surface area contributed by atoms with E-state index in [0.717, 1.165) is 16.9 Å². The number of aryl methyl sites for hydroxylation is 2. The Labute approximate surface area is 189 Å². The van der Waals surface area contributed by atoms with Crippen LogP contribution in [0.5, 0.6) is 0 Å². The van der Waals surface area contributed by atoms with E-state index in [1.54, 1.807) is 18.2 Å². The van der Waals surface area contributed by atoms with Gasteiger partial charge in [-0.3, -0.25) is 4.79 Å². The van der Waals surface area contributed by atoms with Gasteiger partial charge in [0.2, 0.25) is 15.9 Å². The van der Waals surface area contributed by atoms with Gasteiger partial charge in [0.1, 0.15) is 5.82 Å². The molecule has 9 heteroatoms. The number of likely N-dealkylation sites (N-methyl/N-ethyl adjacent to an activating group) is 1. The molecule has 0 spiro atoms. The van der Waals surface area contributed by atoms with Gasteiger partial charge in [0.25, 0.3) is 0 Å². The van der Waals surface area contributed by atoms with E-state index >= 15 is 0 Å². The smallest absolute Gasteiger partial charge is 0.242 e. The number of nitrogens with zero attached hydrogens (tertiary/aromatic N) is 4. The molecule has 1 amide bonds. The molecule has 1 N–H and O–H groups in total. The average Bonchev–Trinajstić information content (AvgIpc) is 3.07. The van der Waals surface area contributed by atoms with Gasteiger partial charge in [0.05, 0.1) is 22.0 Å². The molecule has 8 nitrogen and oxygen atoms in total. The van der Waals surface area contributed by atoms with Gasteiger partial charge < -0.3 is 14.8 Å². The summed E-state index contributed by atoms with van der Waals surface area (Å²) < 4.78 is 27.9. The summed E-state index contributed by atoms with van der Waals surface area (Å²) in [6, 6.07) is 15.1. The Kier molecular flexibility index (Phi) is 7.33. The predicted octanol–water partition coefficient (Wildman–Crippen LogP) is 2.18. The van der Waals surface area contributed by atoms with E-state index in [1.807, 2.05) is 43.9 Å². The van der Waals surface area contributed by atoms with Gasteiger partial charge in [-0.1, -0.05) is 30.3 Å². The molecule has 0 aliphatic carbocycles. The molecule has 1 heterocycles. The number of aromatic nitrogens is 2. The number of nitrogens with one attached hydrogen (secondary N) is 1. The number of fused-ring (bicyclic) bond motifs is 1. The maximum absolute atomic E-state index is 12.5. The standard InChI is InChI=1S/C23H31N5O3S/c1-26(2)21(17-9-7-6-8-10-17)16-24-23(29)14-13-22-25-19-15-18(32(30,31)27(3)4)11-12-20(19)28(22)5/h6-12,15,21H,13-14,16H2,1-5H3,(H,24,29)/t21-/m1/s1. The second-order valence-corrected chi connectivity index (χ2v) is 10.4. The van der Waals surface area contributed by atoms with Crippen LogP contribution in [0.2, 0.25) is 0 Å². The first-order valence-electron chi connectivity index (χ1n) is 10.5. The van der Waals surface area contributed by atoms with Crippen molar-refractivity contribution in [3.63, 3.8) is 0 Å². The molecule has 3 rings (SSSR count). The number of sulfonamides is 1. The van der Waals surface area contributed by atoms with Gasteiger partial charge in [0, 0.05) is 40.5 Å². The molecular weight excluding hydrogens is 426 g/mol. The third kappa shape index (κ3) is 5.17. The van der Waals surface area contributed by atoms with Gasteiger partial charge in [-0.15, -0.1) is 0 Å². The largest absolute Gasteiger partial charge is 0.354 e. The van der Waals surface area contributed by atoms with E-state index in [0.29, 0.717) is 24.9 Å². The Morgan fingerprint density at radius 3 is 2.41 bits per heavy atom. The zero-order valence-corrected chi connectivity index (χ0v) is 20.1. The molecular formula is C23H31N5O3S. The number of carbonyl (C=O) groups is 1. The summed E-state index contributed by atoms with van der Waals surface area (Å²) in [7, 11) is 5.34. The fraction of sp³-hybridized carbons (Fsp3) is 0.391. The van der Waals surface area contributed by atoms with Crippen molar-refractivity contribution in [3.8, 4) is 0 Å². The molecule has 0 aliphatic heterocycles. The Bertz CT molecular complexity index is 1190. The van der Waals surface area contributed by atoms with E-state index in [9.17, 15) is 13.2 Å². The number of hydrogen-bond acceptors (Lipinski definition) is 5. The van der Waals surface area contributed by atoms with Crippen molar-refractivity contribution < 1.29 is 13.2 Å². The van der Waals surface area contributed by atoms with E-state index in [1.165, 1.54) is 18.4 Å². The molecule has 0 fully saturated rings. The first-order valence-corrected chi connectivity index (χ1v) is 11.9. The number of benzene rings is 2. The van der Waals surface area contributed by atoms with Crippen LogP contribution in [0.15, 0.2) is 53.4 Å². The first kappa shape index (κ1) is 23.9. The molecule has 0 unspecified atom stereocenters. The maximum atomic E-state index is 12.5. The third-order valence-electron chi connectivity index (χ3n) is 5.60. The normalized spacial score (nSPS) is 13.1. The van der Waals surface area contributed by atoms with E-state index in [-0.39, 0.29) is 16.8 Å². The summed E-state index contributed by atoms with van der Waals surface area (Å²) in [5.74, 6) is 0.692. The van der Waals surface area contributed by atoms with Crippen LogP contribution in [0.3, 0.4) is 0 Å². The summed E-state index contributed by atoms with van der Waals surface area (Å²) in [4.78, 5) is 19.4. The van der Waals surface area contributed by atoms with Crippen LogP contribution in [0.4, 0.5) is 0 Å². The molecule has 3 aromatic rings. The van der Waals surface area contributed by atoms with Crippen LogP contribution in [0.1, 0.15) is 23.9 Å². The van der Waals surface area contributed by atoms with Crippen LogP contribution < -0.4 is 5.32 Å². The van der Waals surface area contributed by atoms with Gasteiger partial charge in [-0.2, -0.15) is 0 Å². The summed E-state index contributed by atoms with van der Waals surface area (Å²) in [6.07, 6.45) is 0.764. The summed E-state index contributed by atoms with van der Waals surface area (Å²) in [5, 5.41) is 3.03. The first-order chi connectivity index (χ1) is 15.1. The molecule has 0 saturated carbocycles. The maximum Gasteiger partial charge on any atom is 0.242 e. The van der Waals surface area contributed by atoms with E-state index in [4.69, 9.17) is 0 Å². The minimum Gasteiger partial charge on any atom is -0.354 e. The van der Waals surface area contributed by atoms with Crippen molar-refractivity contribution in [2.45, 2.75) is 23.8 Å². The molecule has 0 aliphatic rings. The number of amides is 1. The van der Waals surface area contributed by atoms with Gasteiger partial charge in [-0.05, 0) is 37.9 Å². The van der Waals surface area contributed by atoms with Crippen LogP contribution in [0.25, 0.3) is 11.0 Å². The Hall–Kier alpha value is -2.75. The third-order valence-corrected chi connectivity index (χ3v) is 7.41. The lowest BCUT2D eigenvalue weighted by Crippen LogP contribution is -2.34. The molecule has 2 aromatic carbocycles. The highest BCUT2D eigenvalue weighted by molar-refractivity contribution is 7.89. The van der Waals surface area contributed by atoms with Gasteiger partial charge >= 0.3 is 0 Å². The quantitative estimate of drug-likeness (QED) is 0.532. The van der Waals surface area contributed by atoms with Gasteiger partial charge in [-0.25, -0.2) is 17.7 Å². The highest BCUT2D eigenvalue weighted by Crippen LogP contribution is 2.22. The highest BCUT2D eigenvalue weighted by Gasteiger charge is 2.20. The number of imidazole rings is 1. The fourth-order valence-electron chi connectivity index (χ4n) is 3.62. The van der Waals surface area contributed by atoms with Crippen molar-refractivity contribution in [2.75, 3.05) is 34.7 Å². The highest BCUT2D eigenvalue weighted by atomic mass is 32.2. The number of carbonyl (C=O) groups excluding carboxylic acids is 1. The lowest BCUT2D eigenvalue weighted by Gasteiger charge is -2.25. The van der Waals surface area contributed by atoms with Crippen LogP contribution in [0, 0.1) is 0 Å². The molecule has 0 radical (unpaired) electrons. The Morgan fingerprint density at radius 2 is 1.78 bits per heavy atom. The van der Waals surface area contributed by atoms with Crippen molar-refractivity contribution >= 4 is 27.0 Å². The van der Waals surface area contributed by atoms with Crippen molar-refractivity contribution in [1.29, 1.82) is 0 Å². The summed E-state index contributed by atoms with van der Waals surface area (Å²) in [5.41, 5.74) is 2.58. The van der Waals surface area contributed by atoms with Crippen molar-refractivity contribution in [3.05, 3.63) is 59.9 Å². The molecule has 0 saturated heterocycles. The van der Waals surface area contributed by atoms with E-state index in [2.05, 4.69) is 27.3 Å². The zero-order valence-electron chi connectivity index (χ0n) is 19.2. The predicted molar refractivity (Wildman–Crippen MR) is 126 cm³/mol. The second kappa shape index (κ2) is 9.81. The topological polar surface area (TPSA) is 87.5 Å². The Morgan fingerprint density at radius 1 is 1.09 bits per heavy atom. The van der Waals surface area contributed by atoms with Crippen LogP contribution in [-0.2, 0) is 28.3 Å². The minimum atomic E-state index is -3.53. The second-order valence-electron chi connectivity index (χ2n) is 8.22. The minimum absolute atomic E-state index is 0.0456. The summed E-state index contributed by atoms with van der Waals surface area (Å²) in [6.45, 7) is 0.518. The molecule has 1 atom stereocenters. The lowest BCUT2D eigenvalue weighted by atomic mass is 10.1. The van der Waals surface area contributed by atoms with Crippen molar-refractivity contribution in [2.24, 2.45) is 7.05 Å². The summed E-state index contributed by atoms with van der Waals surface area (Å²) >= 11 is 0. The molecule has 172 valence electrons. The fourth-order valence-corrected chi connectivity index (χ4v) is 4.54. The van der Waals surface area contributed by atoms with Crippen molar-refractivity contribution in [1.82, 2.24) is 24.1 Å². The number of hydrogen-bond donors (Lipinski definition) is 1. The van der Waals surface area contributed by atoms with Crippen LogP contribution >= 0.6 is 0 Å². The molecule has 1 aromatic heterocycles. The lowest BCUT2D eigenvalue weighted by molar-refractivity contribution is -0.121. The van der Waals surface area contributed by atoms with Crippen LogP contribution in [-0.4, -0.2) is 67.8 Å². The van der Waals surface area contributed by atoms with Gasteiger partial charge in [0.15, 0.2) is 0 Å².